The van der Waals surface area contributed by atoms with Crippen LogP contribution < -0.4 is 5.32 Å². The summed E-state index contributed by atoms with van der Waals surface area (Å²) in [5, 5.41) is 12.0. The minimum Gasteiger partial charge on any atom is -0.301 e. The zero-order valence-electron chi connectivity index (χ0n) is 16.8. The molecular formula is C21H22N4O3S2. The van der Waals surface area contributed by atoms with Gasteiger partial charge in [-0.2, -0.15) is 9.57 Å². The second kappa shape index (κ2) is 9.34. The molecule has 0 atom stereocenters. The number of carbonyl (C=O) groups is 1. The predicted molar refractivity (Wildman–Crippen MR) is 118 cm³/mol. The molecule has 0 bridgehead atoms. The number of aromatic nitrogens is 1. The Bertz CT molecular complexity index is 1200. The van der Waals surface area contributed by atoms with E-state index >= 15 is 0 Å². The fourth-order valence-electron chi connectivity index (χ4n) is 2.89. The van der Waals surface area contributed by atoms with E-state index in [1.807, 2.05) is 18.2 Å². The predicted octanol–water partition coefficient (Wildman–Crippen LogP) is 3.77. The minimum absolute atomic E-state index is 0.0244. The van der Waals surface area contributed by atoms with Gasteiger partial charge in [0.2, 0.25) is 15.9 Å². The number of benzene rings is 2. The van der Waals surface area contributed by atoms with E-state index in [2.05, 4.69) is 23.3 Å². The summed E-state index contributed by atoms with van der Waals surface area (Å²) < 4.78 is 27.2. The number of unbranched alkanes of at least 4 members (excludes halogenated alkanes) is 1. The number of nitriles is 1. The molecule has 3 aromatic rings. The summed E-state index contributed by atoms with van der Waals surface area (Å²) >= 11 is 1.37. The van der Waals surface area contributed by atoms with Crippen LogP contribution in [-0.4, -0.2) is 37.2 Å². The number of fused-ring (bicyclic) bond motifs is 1. The molecule has 0 aliphatic rings. The lowest BCUT2D eigenvalue weighted by molar-refractivity contribution is -0.116. The Labute approximate surface area is 180 Å². The number of hydrogen-bond acceptors (Lipinski definition) is 6. The van der Waals surface area contributed by atoms with Crippen molar-refractivity contribution in [2.24, 2.45) is 0 Å². The Kier molecular flexibility index (Phi) is 6.82. The molecule has 1 N–H and O–H groups in total. The molecular weight excluding hydrogens is 420 g/mol. The van der Waals surface area contributed by atoms with Crippen molar-refractivity contribution in [2.45, 2.75) is 31.1 Å². The number of aryl methyl sites for hydroxylation is 1. The fraction of sp³-hybridized carbons (Fsp3) is 0.286. The van der Waals surface area contributed by atoms with Crippen LogP contribution in [-0.2, 0) is 21.2 Å². The highest BCUT2D eigenvalue weighted by atomic mass is 32.2. The molecule has 3 rings (SSSR count). The van der Waals surface area contributed by atoms with Gasteiger partial charge in [0.1, 0.15) is 0 Å². The van der Waals surface area contributed by atoms with E-state index < -0.39 is 15.9 Å². The van der Waals surface area contributed by atoms with Crippen molar-refractivity contribution in [1.82, 2.24) is 9.29 Å². The average molecular weight is 443 g/mol. The maximum absolute atomic E-state index is 12.6. The van der Waals surface area contributed by atoms with Crippen LogP contribution in [0.25, 0.3) is 10.2 Å². The number of rotatable bonds is 8. The van der Waals surface area contributed by atoms with Crippen molar-refractivity contribution >= 4 is 42.6 Å². The van der Waals surface area contributed by atoms with Gasteiger partial charge in [-0.25, -0.2) is 13.4 Å². The van der Waals surface area contributed by atoms with Gasteiger partial charge in [-0.15, -0.1) is 0 Å². The van der Waals surface area contributed by atoms with Crippen molar-refractivity contribution in [3.05, 3.63) is 53.6 Å². The van der Waals surface area contributed by atoms with Crippen LogP contribution in [0.5, 0.6) is 0 Å². The molecule has 1 heterocycles. The molecule has 2 aromatic carbocycles. The van der Waals surface area contributed by atoms with E-state index in [1.165, 1.54) is 48.2 Å². The van der Waals surface area contributed by atoms with Crippen LogP contribution in [0, 0.1) is 11.3 Å². The number of carbonyl (C=O) groups excluding carboxylic acids is 1. The Morgan fingerprint density at radius 2 is 1.97 bits per heavy atom. The zero-order valence-corrected chi connectivity index (χ0v) is 18.4. The molecule has 0 spiro atoms. The number of nitrogens with zero attached hydrogens (tertiary/aromatic N) is 3. The van der Waals surface area contributed by atoms with E-state index in [0.717, 1.165) is 33.8 Å². The summed E-state index contributed by atoms with van der Waals surface area (Å²) in [6, 6.07) is 13.6. The van der Waals surface area contributed by atoms with E-state index in [-0.39, 0.29) is 11.4 Å². The minimum atomic E-state index is -3.84. The third-order valence-electron chi connectivity index (χ3n) is 4.58. The monoisotopic (exact) mass is 442 g/mol. The number of thiazole rings is 1. The molecule has 0 aliphatic carbocycles. The fourth-order valence-corrected chi connectivity index (χ4v) is 4.96. The smallest absolute Gasteiger partial charge is 0.243 e. The third kappa shape index (κ3) is 5.02. The summed E-state index contributed by atoms with van der Waals surface area (Å²) in [6.45, 7) is 1.80. The largest absolute Gasteiger partial charge is 0.301 e. The van der Waals surface area contributed by atoms with Crippen molar-refractivity contribution in [2.75, 3.05) is 18.9 Å². The SMILES string of the molecule is CCCCc1ccc2nc(NC(=O)CN(C)S(=O)(=O)c3ccc(C#N)cc3)sc2c1. The number of amides is 1. The lowest BCUT2D eigenvalue weighted by atomic mass is 10.1. The molecule has 0 saturated heterocycles. The molecule has 0 aliphatic heterocycles. The van der Waals surface area contributed by atoms with Gasteiger partial charge in [-0.3, -0.25) is 4.79 Å². The van der Waals surface area contributed by atoms with E-state index in [9.17, 15) is 13.2 Å². The number of anilines is 1. The maximum atomic E-state index is 12.6. The van der Waals surface area contributed by atoms with Crippen molar-refractivity contribution in [3.63, 3.8) is 0 Å². The number of likely N-dealkylation sites (N-methyl/N-ethyl adjacent to an activating group) is 1. The van der Waals surface area contributed by atoms with Crippen LogP contribution in [0.4, 0.5) is 5.13 Å². The van der Waals surface area contributed by atoms with E-state index in [1.54, 1.807) is 0 Å². The van der Waals surface area contributed by atoms with Gasteiger partial charge < -0.3 is 5.32 Å². The summed E-state index contributed by atoms with van der Waals surface area (Å²) in [4.78, 5) is 16.8. The Morgan fingerprint density at radius 3 is 2.63 bits per heavy atom. The molecule has 0 radical (unpaired) electrons. The topological polar surface area (TPSA) is 103 Å². The molecule has 9 heteroatoms. The van der Waals surface area contributed by atoms with Gasteiger partial charge >= 0.3 is 0 Å². The second-order valence-electron chi connectivity index (χ2n) is 6.87. The van der Waals surface area contributed by atoms with Crippen LogP contribution in [0.2, 0.25) is 0 Å². The van der Waals surface area contributed by atoms with E-state index in [0.29, 0.717) is 10.7 Å². The van der Waals surface area contributed by atoms with Crippen molar-refractivity contribution < 1.29 is 13.2 Å². The van der Waals surface area contributed by atoms with Crippen LogP contribution in [0.3, 0.4) is 0 Å². The van der Waals surface area contributed by atoms with Gasteiger partial charge in [-0.05, 0) is 54.8 Å². The summed E-state index contributed by atoms with van der Waals surface area (Å²) in [5.41, 5.74) is 2.40. The quantitative estimate of drug-likeness (QED) is 0.572. The molecule has 0 fully saturated rings. The third-order valence-corrected chi connectivity index (χ3v) is 7.33. The van der Waals surface area contributed by atoms with Gasteiger partial charge in [0.15, 0.2) is 5.13 Å². The Morgan fingerprint density at radius 1 is 1.23 bits per heavy atom. The zero-order chi connectivity index (χ0) is 21.7. The Hall–Kier alpha value is -2.80. The Balaban J connectivity index is 1.67. The number of nitrogens with one attached hydrogen (secondary N) is 1. The van der Waals surface area contributed by atoms with Gasteiger partial charge in [0, 0.05) is 7.05 Å². The summed E-state index contributed by atoms with van der Waals surface area (Å²) in [6.07, 6.45) is 3.25. The standard InChI is InChI=1S/C21H22N4O3S2/c1-3-4-5-15-8-11-18-19(12-15)29-21(23-18)24-20(26)14-25(2)30(27,28)17-9-6-16(13-22)7-10-17/h6-12H,3-5,14H2,1-2H3,(H,23,24,26). The highest BCUT2D eigenvalue weighted by Crippen LogP contribution is 2.27. The summed E-state index contributed by atoms with van der Waals surface area (Å²) in [5.74, 6) is -0.472. The first-order valence-electron chi connectivity index (χ1n) is 9.49. The van der Waals surface area contributed by atoms with E-state index in [4.69, 9.17) is 5.26 Å². The first-order chi connectivity index (χ1) is 14.3. The lowest BCUT2D eigenvalue weighted by Gasteiger charge is -2.16. The highest BCUT2D eigenvalue weighted by molar-refractivity contribution is 7.89. The van der Waals surface area contributed by atoms with Gasteiger partial charge in [0.25, 0.3) is 0 Å². The molecule has 156 valence electrons. The lowest BCUT2D eigenvalue weighted by Crippen LogP contribution is -2.34. The van der Waals surface area contributed by atoms with Crippen LogP contribution >= 0.6 is 11.3 Å². The molecule has 7 nitrogen and oxygen atoms in total. The molecule has 1 amide bonds. The first kappa shape index (κ1) is 21.9. The van der Waals surface area contributed by atoms with Gasteiger partial charge in [0.05, 0.1) is 33.3 Å². The van der Waals surface area contributed by atoms with Crippen LogP contribution in [0.1, 0.15) is 30.9 Å². The summed E-state index contributed by atoms with van der Waals surface area (Å²) in [7, 11) is -2.51. The van der Waals surface area contributed by atoms with Crippen molar-refractivity contribution in [3.8, 4) is 6.07 Å². The average Bonchev–Trinajstić information content (AvgIpc) is 3.13. The molecule has 0 saturated carbocycles. The van der Waals surface area contributed by atoms with Crippen LogP contribution in [0.15, 0.2) is 47.4 Å². The first-order valence-corrected chi connectivity index (χ1v) is 11.7. The molecule has 0 unspecified atom stereocenters. The highest BCUT2D eigenvalue weighted by Gasteiger charge is 2.23. The molecule has 1 aromatic heterocycles. The molecule has 30 heavy (non-hydrogen) atoms. The van der Waals surface area contributed by atoms with Crippen molar-refractivity contribution in [1.29, 1.82) is 5.26 Å². The second-order valence-corrected chi connectivity index (χ2v) is 9.95. The number of sulfonamides is 1. The van der Waals surface area contributed by atoms with Gasteiger partial charge in [-0.1, -0.05) is 30.7 Å². The normalized spacial score (nSPS) is 11.5. The maximum Gasteiger partial charge on any atom is 0.243 e. The number of hydrogen-bond donors (Lipinski definition) is 1.